The third kappa shape index (κ3) is 4.99. The molecule has 0 unspecified atom stereocenters. The molecule has 1 heterocycles. The number of nitrogens with one attached hydrogen (secondary N) is 2. The zero-order valence-electron chi connectivity index (χ0n) is 16.7. The molecule has 3 aromatic rings. The molecule has 0 aliphatic heterocycles. The molecule has 0 saturated carbocycles. The lowest BCUT2D eigenvalue weighted by Crippen LogP contribution is -2.16. The molecule has 3 rings (SSSR count). The van der Waals surface area contributed by atoms with Crippen LogP contribution in [0.25, 0.3) is 0 Å². The number of aromatic nitrogens is 1. The van der Waals surface area contributed by atoms with Crippen molar-refractivity contribution >= 4 is 29.1 Å². The van der Waals surface area contributed by atoms with E-state index in [9.17, 15) is 9.59 Å². The second kappa shape index (κ2) is 9.01. The first-order valence-electron chi connectivity index (χ1n) is 9.35. The summed E-state index contributed by atoms with van der Waals surface area (Å²) in [6.07, 6.45) is 1.57. The summed E-state index contributed by atoms with van der Waals surface area (Å²) in [6, 6.07) is 16.1. The minimum Gasteiger partial charge on any atom is -0.462 e. The van der Waals surface area contributed by atoms with Gasteiger partial charge < -0.3 is 15.4 Å². The van der Waals surface area contributed by atoms with Crippen LogP contribution < -0.4 is 10.6 Å². The van der Waals surface area contributed by atoms with Gasteiger partial charge in [-0.25, -0.2) is 9.78 Å². The number of amides is 1. The third-order valence-electron chi connectivity index (χ3n) is 4.34. The standard InChI is InChI=1S/C23H23N3O3/c1-4-29-23(28)18-7-5-6-8-20(18)26-22(27)17-11-12-24-21(14-17)25-19-10-9-15(2)13-16(19)3/h5-14H,4H2,1-3H3,(H,24,25)(H,26,27). The maximum absolute atomic E-state index is 12.7. The van der Waals surface area contributed by atoms with Gasteiger partial charge in [0, 0.05) is 17.4 Å². The Hall–Kier alpha value is -3.67. The van der Waals surface area contributed by atoms with Crippen LogP contribution in [0.1, 0.15) is 38.8 Å². The van der Waals surface area contributed by atoms with Crippen LogP contribution in [-0.4, -0.2) is 23.5 Å². The molecule has 6 nitrogen and oxygen atoms in total. The number of carbonyl (C=O) groups is 2. The first kappa shape index (κ1) is 20.1. The molecule has 1 amide bonds. The van der Waals surface area contributed by atoms with E-state index in [-0.39, 0.29) is 12.5 Å². The summed E-state index contributed by atoms with van der Waals surface area (Å²) >= 11 is 0. The lowest BCUT2D eigenvalue weighted by Gasteiger charge is -2.12. The van der Waals surface area contributed by atoms with Crippen LogP contribution in [0.3, 0.4) is 0 Å². The van der Waals surface area contributed by atoms with Gasteiger partial charge in [-0.3, -0.25) is 4.79 Å². The predicted molar refractivity (Wildman–Crippen MR) is 114 cm³/mol. The Morgan fingerprint density at radius 1 is 1.00 bits per heavy atom. The molecule has 148 valence electrons. The second-order valence-corrected chi connectivity index (χ2v) is 6.59. The number of rotatable bonds is 6. The summed E-state index contributed by atoms with van der Waals surface area (Å²) in [5.74, 6) is -0.258. The van der Waals surface area contributed by atoms with E-state index in [0.717, 1.165) is 11.3 Å². The fourth-order valence-corrected chi connectivity index (χ4v) is 2.91. The van der Waals surface area contributed by atoms with Gasteiger partial charge in [-0.2, -0.15) is 0 Å². The normalized spacial score (nSPS) is 10.3. The topological polar surface area (TPSA) is 80.3 Å². The largest absolute Gasteiger partial charge is 0.462 e. The van der Waals surface area contributed by atoms with E-state index in [0.29, 0.717) is 22.6 Å². The minimum atomic E-state index is -0.477. The molecule has 0 aliphatic rings. The monoisotopic (exact) mass is 389 g/mol. The molecule has 0 atom stereocenters. The number of esters is 1. The van der Waals surface area contributed by atoms with Crippen molar-refractivity contribution in [1.82, 2.24) is 4.98 Å². The number of anilines is 3. The maximum Gasteiger partial charge on any atom is 0.340 e. The van der Waals surface area contributed by atoms with E-state index >= 15 is 0 Å². The van der Waals surface area contributed by atoms with Crippen LogP contribution in [0.5, 0.6) is 0 Å². The Labute approximate surface area is 169 Å². The summed E-state index contributed by atoms with van der Waals surface area (Å²) in [4.78, 5) is 29.1. The van der Waals surface area contributed by atoms with E-state index in [1.807, 2.05) is 26.0 Å². The molecule has 0 aliphatic carbocycles. The van der Waals surface area contributed by atoms with Gasteiger partial charge in [0.1, 0.15) is 5.82 Å². The van der Waals surface area contributed by atoms with E-state index in [1.165, 1.54) is 5.56 Å². The van der Waals surface area contributed by atoms with Crippen molar-refractivity contribution in [3.8, 4) is 0 Å². The van der Waals surface area contributed by atoms with Crippen molar-refractivity contribution in [2.75, 3.05) is 17.2 Å². The maximum atomic E-state index is 12.7. The van der Waals surface area contributed by atoms with Crippen molar-refractivity contribution in [3.05, 3.63) is 83.0 Å². The number of ether oxygens (including phenoxy) is 1. The van der Waals surface area contributed by atoms with E-state index < -0.39 is 5.97 Å². The zero-order valence-corrected chi connectivity index (χ0v) is 16.7. The van der Waals surface area contributed by atoms with Gasteiger partial charge in [-0.05, 0) is 56.7 Å². The molecule has 2 aromatic carbocycles. The number of carbonyl (C=O) groups excluding carboxylic acids is 2. The number of hydrogen-bond acceptors (Lipinski definition) is 5. The molecule has 2 N–H and O–H groups in total. The SMILES string of the molecule is CCOC(=O)c1ccccc1NC(=O)c1ccnc(Nc2ccc(C)cc2C)c1. The Bertz CT molecular complexity index is 1050. The summed E-state index contributed by atoms with van der Waals surface area (Å²) in [7, 11) is 0. The van der Waals surface area contributed by atoms with Crippen LogP contribution in [0.4, 0.5) is 17.2 Å². The number of para-hydroxylation sites is 1. The summed E-state index contributed by atoms with van der Waals surface area (Å²) in [6.45, 7) is 6.05. The highest BCUT2D eigenvalue weighted by atomic mass is 16.5. The summed E-state index contributed by atoms with van der Waals surface area (Å²) < 4.78 is 5.05. The summed E-state index contributed by atoms with van der Waals surface area (Å²) in [5.41, 5.74) is 4.32. The highest BCUT2D eigenvalue weighted by Gasteiger charge is 2.15. The van der Waals surface area contributed by atoms with Crippen LogP contribution in [0, 0.1) is 13.8 Å². The van der Waals surface area contributed by atoms with Crippen LogP contribution in [-0.2, 0) is 4.74 Å². The first-order valence-corrected chi connectivity index (χ1v) is 9.35. The Kier molecular flexibility index (Phi) is 6.24. The lowest BCUT2D eigenvalue weighted by atomic mass is 10.1. The Balaban J connectivity index is 1.79. The van der Waals surface area contributed by atoms with Gasteiger partial charge in [0.15, 0.2) is 0 Å². The molecule has 1 aromatic heterocycles. The van der Waals surface area contributed by atoms with Crippen molar-refractivity contribution in [2.24, 2.45) is 0 Å². The fourth-order valence-electron chi connectivity index (χ4n) is 2.91. The molecular formula is C23H23N3O3. The van der Waals surface area contributed by atoms with Crippen LogP contribution in [0.15, 0.2) is 60.8 Å². The molecular weight excluding hydrogens is 366 g/mol. The highest BCUT2D eigenvalue weighted by molar-refractivity contribution is 6.08. The molecule has 0 bridgehead atoms. The third-order valence-corrected chi connectivity index (χ3v) is 4.34. The number of nitrogens with zero attached hydrogens (tertiary/aromatic N) is 1. The van der Waals surface area contributed by atoms with Gasteiger partial charge in [-0.1, -0.05) is 29.8 Å². The number of benzene rings is 2. The van der Waals surface area contributed by atoms with Gasteiger partial charge in [0.2, 0.25) is 0 Å². The van der Waals surface area contributed by atoms with Gasteiger partial charge in [0.25, 0.3) is 5.91 Å². The number of pyridine rings is 1. The van der Waals surface area contributed by atoms with Gasteiger partial charge >= 0.3 is 5.97 Å². The predicted octanol–water partition coefficient (Wildman–Crippen LogP) is 4.87. The first-order chi connectivity index (χ1) is 14.0. The molecule has 0 spiro atoms. The van der Waals surface area contributed by atoms with Gasteiger partial charge in [-0.15, -0.1) is 0 Å². The number of aryl methyl sites for hydroxylation is 2. The van der Waals surface area contributed by atoms with Crippen molar-refractivity contribution in [1.29, 1.82) is 0 Å². The molecule has 0 saturated heterocycles. The number of hydrogen-bond donors (Lipinski definition) is 2. The Morgan fingerprint density at radius 2 is 1.79 bits per heavy atom. The van der Waals surface area contributed by atoms with Gasteiger partial charge in [0.05, 0.1) is 17.9 Å². The van der Waals surface area contributed by atoms with E-state index in [2.05, 4.69) is 21.7 Å². The Morgan fingerprint density at radius 3 is 2.55 bits per heavy atom. The highest BCUT2D eigenvalue weighted by Crippen LogP contribution is 2.22. The van der Waals surface area contributed by atoms with Crippen molar-refractivity contribution < 1.29 is 14.3 Å². The van der Waals surface area contributed by atoms with Crippen LogP contribution in [0.2, 0.25) is 0 Å². The second-order valence-electron chi connectivity index (χ2n) is 6.59. The quantitative estimate of drug-likeness (QED) is 0.588. The molecule has 29 heavy (non-hydrogen) atoms. The van der Waals surface area contributed by atoms with Crippen LogP contribution >= 0.6 is 0 Å². The zero-order chi connectivity index (χ0) is 20.8. The summed E-state index contributed by atoms with van der Waals surface area (Å²) in [5, 5.41) is 6.02. The molecule has 0 radical (unpaired) electrons. The van der Waals surface area contributed by atoms with Crippen molar-refractivity contribution in [3.63, 3.8) is 0 Å². The fraction of sp³-hybridized carbons (Fsp3) is 0.174. The smallest absolute Gasteiger partial charge is 0.340 e. The average Bonchev–Trinajstić information content (AvgIpc) is 2.71. The average molecular weight is 389 g/mol. The van der Waals surface area contributed by atoms with E-state index in [1.54, 1.807) is 49.5 Å². The molecule has 0 fully saturated rings. The molecule has 6 heteroatoms. The minimum absolute atomic E-state index is 0.263. The van der Waals surface area contributed by atoms with E-state index in [4.69, 9.17) is 4.74 Å². The van der Waals surface area contributed by atoms with Crippen molar-refractivity contribution in [2.45, 2.75) is 20.8 Å². The lowest BCUT2D eigenvalue weighted by molar-refractivity contribution is 0.0527.